The van der Waals surface area contributed by atoms with E-state index in [0.717, 1.165) is 5.69 Å². The molecule has 0 saturated carbocycles. The van der Waals surface area contributed by atoms with E-state index in [4.69, 9.17) is 19.7 Å². The number of aromatic nitrogens is 6. The Morgan fingerprint density at radius 1 is 1.15 bits per heavy atom. The van der Waals surface area contributed by atoms with Gasteiger partial charge in [-0.05, 0) is 17.5 Å². The molecule has 0 radical (unpaired) electrons. The predicted molar refractivity (Wildman–Crippen MR) is 96.9 cm³/mol. The first kappa shape index (κ1) is 20.6. The average molecular weight is 397 g/mol. The van der Waals surface area contributed by atoms with E-state index in [9.17, 15) is 0 Å². The molecule has 0 bridgehead atoms. The van der Waals surface area contributed by atoms with Gasteiger partial charge in [0.2, 0.25) is 5.89 Å². The Balaban J connectivity index is 0.00000261. The second-order valence-corrected chi connectivity index (χ2v) is 5.56. The smallest absolute Gasteiger partial charge is 0.240 e. The number of benzene rings is 1. The first-order valence-electron chi connectivity index (χ1n) is 7.83. The zero-order valence-electron chi connectivity index (χ0n) is 15.2. The molecule has 0 saturated heterocycles. The van der Waals surface area contributed by atoms with E-state index in [1.54, 1.807) is 25.0 Å². The Morgan fingerprint density at radius 3 is 2.44 bits per heavy atom. The fraction of sp³-hybridized carbons (Fsp3) is 0.400. The SMILES string of the molecule is COc1cc(OC)cc(-n2nnnc2CN(C)Cc2noc(CN)n2)c1.Cl. The van der Waals surface area contributed by atoms with Crippen LogP contribution in [0.4, 0.5) is 0 Å². The Hall–Kier alpha value is -2.76. The monoisotopic (exact) mass is 396 g/mol. The molecule has 0 aliphatic heterocycles. The van der Waals surface area contributed by atoms with Gasteiger partial charge in [-0.25, -0.2) is 0 Å². The van der Waals surface area contributed by atoms with Gasteiger partial charge in [-0.1, -0.05) is 5.16 Å². The molecule has 0 aliphatic rings. The molecule has 0 aliphatic carbocycles. The van der Waals surface area contributed by atoms with Gasteiger partial charge in [0, 0.05) is 18.2 Å². The quantitative estimate of drug-likeness (QED) is 0.576. The molecular formula is C15H21ClN8O3. The van der Waals surface area contributed by atoms with Crippen molar-refractivity contribution in [1.82, 2.24) is 35.2 Å². The van der Waals surface area contributed by atoms with Gasteiger partial charge in [-0.15, -0.1) is 17.5 Å². The van der Waals surface area contributed by atoms with Gasteiger partial charge < -0.3 is 19.7 Å². The first-order valence-corrected chi connectivity index (χ1v) is 7.83. The molecule has 3 aromatic rings. The summed E-state index contributed by atoms with van der Waals surface area (Å²) in [5.74, 6) is 2.90. The Bertz CT molecular complexity index is 846. The number of hydrogen-bond acceptors (Lipinski definition) is 10. The van der Waals surface area contributed by atoms with Crippen molar-refractivity contribution in [3.05, 3.63) is 35.7 Å². The van der Waals surface area contributed by atoms with Crippen LogP contribution >= 0.6 is 12.4 Å². The van der Waals surface area contributed by atoms with E-state index in [1.807, 2.05) is 24.1 Å². The lowest BCUT2D eigenvalue weighted by molar-refractivity contribution is 0.290. The van der Waals surface area contributed by atoms with Crippen LogP contribution in [-0.2, 0) is 19.6 Å². The number of tetrazole rings is 1. The molecule has 0 amide bonds. The Kier molecular flexibility index (Phi) is 7.05. The second kappa shape index (κ2) is 9.26. The lowest BCUT2D eigenvalue weighted by Gasteiger charge is -2.14. The molecule has 0 atom stereocenters. The van der Waals surface area contributed by atoms with Gasteiger partial charge in [0.1, 0.15) is 11.5 Å². The number of ether oxygens (including phenoxy) is 2. The van der Waals surface area contributed by atoms with Crippen molar-refractivity contribution in [3.63, 3.8) is 0 Å². The zero-order valence-corrected chi connectivity index (χ0v) is 16.0. The van der Waals surface area contributed by atoms with Crippen molar-refractivity contribution in [3.8, 4) is 17.2 Å². The van der Waals surface area contributed by atoms with Crippen molar-refractivity contribution in [2.45, 2.75) is 19.6 Å². The summed E-state index contributed by atoms with van der Waals surface area (Å²) in [6.07, 6.45) is 0. The maximum Gasteiger partial charge on any atom is 0.240 e. The molecule has 0 fully saturated rings. The van der Waals surface area contributed by atoms with Crippen molar-refractivity contribution in [2.24, 2.45) is 5.73 Å². The van der Waals surface area contributed by atoms with E-state index >= 15 is 0 Å². The zero-order chi connectivity index (χ0) is 18.5. The van der Waals surface area contributed by atoms with Crippen LogP contribution < -0.4 is 15.2 Å². The van der Waals surface area contributed by atoms with Crippen LogP contribution in [0.3, 0.4) is 0 Å². The molecule has 146 valence electrons. The van der Waals surface area contributed by atoms with E-state index < -0.39 is 0 Å². The Labute approximate surface area is 161 Å². The highest BCUT2D eigenvalue weighted by molar-refractivity contribution is 5.85. The molecule has 12 heteroatoms. The maximum atomic E-state index is 5.48. The van der Waals surface area contributed by atoms with Crippen LogP contribution in [-0.4, -0.2) is 56.5 Å². The fourth-order valence-corrected chi connectivity index (χ4v) is 2.40. The highest BCUT2D eigenvalue weighted by Crippen LogP contribution is 2.25. The van der Waals surface area contributed by atoms with Crippen LogP contribution in [0.1, 0.15) is 17.5 Å². The normalized spacial score (nSPS) is 10.7. The Morgan fingerprint density at radius 2 is 1.85 bits per heavy atom. The van der Waals surface area contributed by atoms with Crippen molar-refractivity contribution < 1.29 is 14.0 Å². The molecular weight excluding hydrogens is 376 g/mol. The summed E-state index contributed by atoms with van der Waals surface area (Å²) in [5, 5.41) is 15.8. The number of halogens is 1. The minimum Gasteiger partial charge on any atom is -0.497 e. The highest BCUT2D eigenvalue weighted by atomic mass is 35.5. The number of rotatable bonds is 8. The third-order valence-corrected chi connectivity index (χ3v) is 3.62. The molecule has 2 N–H and O–H groups in total. The molecule has 1 aromatic carbocycles. The maximum absolute atomic E-state index is 5.48. The average Bonchev–Trinajstić information content (AvgIpc) is 3.30. The number of methoxy groups -OCH3 is 2. The fourth-order valence-electron chi connectivity index (χ4n) is 2.40. The van der Waals surface area contributed by atoms with Gasteiger partial charge in [-0.2, -0.15) is 9.67 Å². The van der Waals surface area contributed by atoms with E-state index in [2.05, 4.69) is 25.7 Å². The summed E-state index contributed by atoms with van der Waals surface area (Å²) in [4.78, 5) is 6.15. The standard InChI is InChI=1S/C15H20N8O3.ClH/c1-22(8-13-17-15(7-16)26-19-13)9-14-18-20-21-23(14)10-4-11(24-2)6-12(5-10)25-3;/h4-6H,7-9,16H2,1-3H3;1H. The van der Waals surface area contributed by atoms with Gasteiger partial charge in [0.05, 0.1) is 39.5 Å². The summed E-state index contributed by atoms with van der Waals surface area (Å²) in [7, 11) is 5.09. The number of nitrogens with two attached hydrogens (primary N) is 1. The molecule has 0 spiro atoms. The van der Waals surface area contributed by atoms with Gasteiger partial charge in [0.15, 0.2) is 11.6 Å². The lowest BCUT2D eigenvalue weighted by Crippen LogP contribution is -2.21. The largest absolute Gasteiger partial charge is 0.497 e. The third-order valence-electron chi connectivity index (χ3n) is 3.62. The summed E-state index contributed by atoms with van der Waals surface area (Å²) >= 11 is 0. The van der Waals surface area contributed by atoms with E-state index in [1.165, 1.54) is 0 Å². The van der Waals surface area contributed by atoms with Crippen molar-refractivity contribution in [1.29, 1.82) is 0 Å². The van der Waals surface area contributed by atoms with Gasteiger partial charge >= 0.3 is 0 Å². The predicted octanol–water partition coefficient (Wildman–Crippen LogP) is 0.575. The second-order valence-electron chi connectivity index (χ2n) is 5.56. The van der Waals surface area contributed by atoms with Crippen molar-refractivity contribution in [2.75, 3.05) is 21.3 Å². The summed E-state index contributed by atoms with van der Waals surface area (Å²) in [6.45, 7) is 1.16. The number of nitrogens with zero attached hydrogens (tertiary/aromatic N) is 7. The van der Waals surface area contributed by atoms with E-state index in [-0.39, 0.29) is 19.0 Å². The first-order chi connectivity index (χ1) is 12.6. The molecule has 27 heavy (non-hydrogen) atoms. The lowest BCUT2D eigenvalue weighted by atomic mass is 10.2. The van der Waals surface area contributed by atoms with Crippen LogP contribution in [0.5, 0.6) is 11.5 Å². The third kappa shape index (κ3) is 4.90. The molecule has 3 rings (SSSR count). The molecule has 2 heterocycles. The van der Waals surface area contributed by atoms with Gasteiger partial charge in [0.25, 0.3) is 0 Å². The van der Waals surface area contributed by atoms with Crippen molar-refractivity contribution >= 4 is 12.4 Å². The summed E-state index contributed by atoms with van der Waals surface area (Å²) in [5.41, 5.74) is 6.21. The van der Waals surface area contributed by atoms with Crippen LogP contribution in [0.2, 0.25) is 0 Å². The number of hydrogen-bond donors (Lipinski definition) is 1. The van der Waals surface area contributed by atoms with Gasteiger partial charge in [-0.3, -0.25) is 4.90 Å². The summed E-state index contributed by atoms with van der Waals surface area (Å²) in [6, 6.07) is 5.44. The van der Waals surface area contributed by atoms with Crippen LogP contribution in [0.15, 0.2) is 22.7 Å². The molecule has 2 aromatic heterocycles. The van der Waals surface area contributed by atoms with E-state index in [0.29, 0.717) is 42.1 Å². The minimum atomic E-state index is 0. The van der Waals surface area contributed by atoms with Crippen LogP contribution in [0.25, 0.3) is 5.69 Å². The minimum absolute atomic E-state index is 0. The molecule has 11 nitrogen and oxygen atoms in total. The highest BCUT2D eigenvalue weighted by Gasteiger charge is 2.15. The summed E-state index contributed by atoms with van der Waals surface area (Å²) < 4.78 is 17.2. The topological polar surface area (TPSA) is 130 Å². The van der Waals surface area contributed by atoms with Crippen LogP contribution in [0, 0.1) is 0 Å². The molecule has 0 unspecified atom stereocenters.